The van der Waals surface area contributed by atoms with Gasteiger partial charge in [0.05, 0.1) is 6.61 Å². The van der Waals surface area contributed by atoms with Crippen molar-refractivity contribution in [2.45, 2.75) is 33.8 Å². The molecule has 0 radical (unpaired) electrons. The van der Waals surface area contributed by atoms with Crippen LogP contribution in [0.1, 0.15) is 40.4 Å². The Hall–Kier alpha value is -2.95. The maximum absolute atomic E-state index is 12.4. The van der Waals surface area contributed by atoms with Crippen molar-refractivity contribution in [3.8, 4) is 5.75 Å². The van der Waals surface area contributed by atoms with Crippen LogP contribution in [0.15, 0.2) is 42.5 Å². The van der Waals surface area contributed by atoms with Gasteiger partial charge in [0.25, 0.3) is 0 Å². The number of rotatable bonds is 9. The minimum absolute atomic E-state index is 0.166. The molecule has 0 N–H and O–H groups in total. The van der Waals surface area contributed by atoms with Gasteiger partial charge >= 0.3 is 5.97 Å². The smallest absolute Gasteiger partial charge is 0.316 e. The van der Waals surface area contributed by atoms with Gasteiger partial charge in [0, 0.05) is 12.0 Å². The van der Waals surface area contributed by atoms with Gasteiger partial charge in [-0.2, -0.15) is 0 Å². The molecule has 0 saturated carbocycles. The number of Topliss-reactive ketones (excluding diaryl/α,β-unsaturated/α-hetero) is 1. The Labute approximate surface area is 159 Å². The predicted molar refractivity (Wildman–Crippen MR) is 102 cm³/mol. The Balaban J connectivity index is 2.07. The molecule has 2 aromatic carbocycles. The molecule has 0 aromatic heterocycles. The van der Waals surface area contributed by atoms with Crippen LogP contribution in [0, 0.1) is 19.8 Å². The first kappa shape index (κ1) is 20.4. The van der Waals surface area contributed by atoms with Crippen LogP contribution < -0.4 is 4.74 Å². The monoisotopic (exact) mass is 368 g/mol. The van der Waals surface area contributed by atoms with E-state index >= 15 is 0 Å². The summed E-state index contributed by atoms with van der Waals surface area (Å²) >= 11 is 0. The largest absolute Gasteiger partial charge is 0.489 e. The summed E-state index contributed by atoms with van der Waals surface area (Å²) in [5.74, 6) is -1.51. The summed E-state index contributed by atoms with van der Waals surface area (Å²) in [4.78, 5) is 35.2. The minimum atomic E-state index is -1.09. The topological polar surface area (TPSA) is 69.7 Å². The Morgan fingerprint density at radius 2 is 1.74 bits per heavy atom. The van der Waals surface area contributed by atoms with E-state index in [0.29, 0.717) is 24.2 Å². The van der Waals surface area contributed by atoms with E-state index in [4.69, 9.17) is 9.47 Å². The molecule has 5 nitrogen and oxygen atoms in total. The number of carbonyl (C=O) groups excluding carboxylic acids is 3. The first-order valence-electron chi connectivity index (χ1n) is 8.89. The first-order valence-corrected chi connectivity index (χ1v) is 8.89. The zero-order chi connectivity index (χ0) is 19.8. The standard InChI is InChI=1S/C22H24O5/c1-4-26-22(25)18(13-23)12-21(24)17-9-6-10-19(11-17)27-14-20-15(2)7-5-8-16(20)3/h5-11,13,18H,4,12,14H2,1-3H3. The average Bonchev–Trinajstić information content (AvgIpc) is 2.66. The maximum Gasteiger partial charge on any atom is 0.316 e. The van der Waals surface area contributed by atoms with Crippen LogP contribution in [0.4, 0.5) is 0 Å². The highest BCUT2D eigenvalue weighted by molar-refractivity contribution is 6.01. The third kappa shape index (κ3) is 5.51. The van der Waals surface area contributed by atoms with E-state index in [1.165, 1.54) is 0 Å². The maximum atomic E-state index is 12.4. The Kier molecular flexibility index (Phi) is 7.29. The number of ketones is 1. The van der Waals surface area contributed by atoms with Crippen LogP contribution in [0.25, 0.3) is 0 Å². The van der Waals surface area contributed by atoms with Crippen molar-refractivity contribution in [3.05, 3.63) is 64.7 Å². The number of hydrogen-bond acceptors (Lipinski definition) is 5. The molecule has 142 valence electrons. The predicted octanol–water partition coefficient (Wildman–Crippen LogP) is 3.83. The number of aldehydes is 1. The highest BCUT2D eigenvalue weighted by Crippen LogP contribution is 2.20. The van der Waals surface area contributed by atoms with Crippen molar-refractivity contribution in [1.82, 2.24) is 0 Å². The summed E-state index contributed by atoms with van der Waals surface area (Å²) in [6.07, 6.45) is 0.236. The Bertz CT molecular complexity index is 805. The molecule has 0 spiro atoms. The van der Waals surface area contributed by atoms with Gasteiger partial charge < -0.3 is 14.3 Å². The number of aryl methyl sites for hydroxylation is 2. The van der Waals surface area contributed by atoms with Crippen LogP contribution in [-0.4, -0.2) is 24.6 Å². The number of hydrogen-bond donors (Lipinski definition) is 0. The molecule has 0 heterocycles. The van der Waals surface area contributed by atoms with Gasteiger partial charge in [-0.05, 0) is 49.6 Å². The lowest BCUT2D eigenvalue weighted by atomic mass is 9.99. The van der Waals surface area contributed by atoms with Crippen LogP contribution in [-0.2, 0) is 20.9 Å². The van der Waals surface area contributed by atoms with Gasteiger partial charge in [0.1, 0.15) is 24.6 Å². The molecule has 0 bridgehead atoms. The summed E-state index contributed by atoms with van der Waals surface area (Å²) in [5.41, 5.74) is 3.79. The molecule has 1 unspecified atom stereocenters. The van der Waals surface area contributed by atoms with E-state index in [9.17, 15) is 14.4 Å². The summed E-state index contributed by atoms with van der Waals surface area (Å²) < 4.78 is 10.7. The second-order valence-corrected chi connectivity index (χ2v) is 6.31. The highest BCUT2D eigenvalue weighted by atomic mass is 16.5. The number of ether oxygens (including phenoxy) is 2. The van der Waals surface area contributed by atoms with Crippen molar-refractivity contribution < 1.29 is 23.9 Å². The van der Waals surface area contributed by atoms with Gasteiger partial charge in [-0.1, -0.05) is 30.3 Å². The van der Waals surface area contributed by atoms with Crippen molar-refractivity contribution >= 4 is 18.0 Å². The molecule has 0 saturated heterocycles. The van der Waals surface area contributed by atoms with E-state index in [-0.39, 0.29) is 18.8 Å². The number of benzene rings is 2. The Morgan fingerprint density at radius 3 is 2.37 bits per heavy atom. The lowest BCUT2D eigenvalue weighted by molar-refractivity contribution is -0.149. The summed E-state index contributed by atoms with van der Waals surface area (Å²) in [5, 5.41) is 0. The first-order chi connectivity index (χ1) is 13.0. The quantitative estimate of drug-likeness (QED) is 0.291. The molecule has 0 fully saturated rings. The third-order valence-electron chi connectivity index (χ3n) is 4.34. The molecule has 0 aliphatic heterocycles. The van der Waals surface area contributed by atoms with E-state index in [2.05, 4.69) is 0 Å². The van der Waals surface area contributed by atoms with E-state index in [0.717, 1.165) is 16.7 Å². The minimum Gasteiger partial charge on any atom is -0.489 e. The third-order valence-corrected chi connectivity index (χ3v) is 4.34. The molecule has 0 aliphatic rings. The molecule has 0 amide bonds. The normalized spacial score (nSPS) is 11.5. The lowest BCUT2D eigenvalue weighted by Gasteiger charge is -2.12. The zero-order valence-corrected chi connectivity index (χ0v) is 15.9. The summed E-state index contributed by atoms with van der Waals surface area (Å²) in [6.45, 7) is 6.27. The lowest BCUT2D eigenvalue weighted by Crippen LogP contribution is -2.22. The fourth-order valence-electron chi connectivity index (χ4n) is 2.75. The van der Waals surface area contributed by atoms with Gasteiger partial charge in [-0.15, -0.1) is 0 Å². The van der Waals surface area contributed by atoms with Crippen LogP contribution in [0.2, 0.25) is 0 Å². The molecule has 0 aliphatic carbocycles. The highest BCUT2D eigenvalue weighted by Gasteiger charge is 2.23. The molecule has 27 heavy (non-hydrogen) atoms. The molecule has 1 atom stereocenters. The number of carbonyl (C=O) groups is 3. The van der Waals surface area contributed by atoms with E-state index in [1.807, 2.05) is 32.0 Å². The molecular weight excluding hydrogens is 344 g/mol. The summed E-state index contributed by atoms with van der Waals surface area (Å²) in [7, 11) is 0. The van der Waals surface area contributed by atoms with Crippen LogP contribution in [0.3, 0.4) is 0 Å². The van der Waals surface area contributed by atoms with Gasteiger partial charge in [-0.25, -0.2) is 0 Å². The van der Waals surface area contributed by atoms with Crippen molar-refractivity contribution in [2.75, 3.05) is 6.61 Å². The van der Waals surface area contributed by atoms with Crippen LogP contribution in [0.5, 0.6) is 5.75 Å². The number of esters is 1. The van der Waals surface area contributed by atoms with Gasteiger partial charge in [-0.3, -0.25) is 9.59 Å². The van der Waals surface area contributed by atoms with Gasteiger partial charge in [0.2, 0.25) is 0 Å². The molecular formula is C22H24O5. The van der Waals surface area contributed by atoms with E-state index in [1.54, 1.807) is 31.2 Å². The fourth-order valence-corrected chi connectivity index (χ4v) is 2.75. The van der Waals surface area contributed by atoms with Crippen molar-refractivity contribution in [1.29, 1.82) is 0 Å². The van der Waals surface area contributed by atoms with Gasteiger partial charge in [0.15, 0.2) is 5.78 Å². The Morgan fingerprint density at radius 1 is 1.07 bits per heavy atom. The molecule has 5 heteroatoms. The SMILES string of the molecule is CCOC(=O)C(C=O)CC(=O)c1cccc(OCc2c(C)cccc2C)c1. The zero-order valence-electron chi connectivity index (χ0n) is 15.9. The second kappa shape index (κ2) is 9.67. The average molecular weight is 368 g/mol. The van der Waals surface area contributed by atoms with Crippen LogP contribution >= 0.6 is 0 Å². The molecule has 2 aromatic rings. The van der Waals surface area contributed by atoms with Crippen molar-refractivity contribution in [2.24, 2.45) is 5.92 Å². The summed E-state index contributed by atoms with van der Waals surface area (Å²) in [6, 6.07) is 12.8. The van der Waals surface area contributed by atoms with E-state index < -0.39 is 11.9 Å². The fraction of sp³-hybridized carbons (Fsp3) is 0.318. The second-order valence-electron chi connectivity index (χ2n) is 6.31. The van der Waals surface area contributed by atoms with Crippen molar-refractivity contribution in [3.63, 3.8) is 0 Å². The molecule has 2 rings (SSSR count).